The Balaban J connectivity index is 1.94. The van der Waals surface area contributed by atoms with E-state index in [2.05, 4.69) is 0 Å². The lowest BCUT2D eigenvalue weighted by molar-refractivity contribution is 0.0923. The molecule has 1 unspecified atom stereocenters. The summed E-state index contributed by atoms with van der Waals surface area (Å²) in [5.41, 5.74) is -2.05. The van der Waals surface area contributed by atoms with Gasteiger partial charge in [0.25, 0.3) is 11.8 Å². The molecule has 29 heavy (non-hydrogen) atoms. The number of imide groups is 1. The molecular weight excluding hydrogens is 406 g/mol. The monoisotopic (exact) mass is 427 g/mol. The van der Waals surface area contributed by atoms with Crippen LogP contribution in [-0.4, -0.2) is 11.8 Å². The van der Waals surface area contributed by atoms with Gasteiger partial charge in [0.05, 0.1) is 11.1 Å². The normalized spacial score (nSPS) is 14.6. The van der Waals surface area contributed by atoms with Crippen LogP contribution in [0.5, 0.6) is 0 Å². The molecule has 2 aromatic rings. The molecular formula is C21H21F4NO2S. The first kappa shape index (κ1) is 21.5. The third-order valence-electron chi connectivity index (χ3n) is 5.43. The Morgan fingerprint density at radius 3 is 1.93 bits per heavy atom. The molecule has 8 heteroatoms. The summed E-state index contributed by atoms with van der Waals surface area (Å²) >= 11 is 1.08. The molecule has 0 saturated carbocycles. The highest BCUT2D eigenvalue weighted by molar-refractivity contribution is 7.08. The molecule has 1 aliphatic heterocycles. The summed E-state index contributed by atoms with van der Waals surface area (Å²) in [6.07, 6.45) is 3.85. The molecule has 2 heterocycles. The molecule has 0 aliphatic carbocycles. The van der Waals surface area contributed by atoms with Gasteiger partial charge in [-0.15, -0.1) is 0 Å². The van der Waals surface area contributed by atoms with Crippen LogP contribution < -0.4 is 4.90 Å². The Hall–Kier alpha value is -2.22. The summed E-state index contributed by atoms with van der Waals surface area (Å²) in [6, 6.07) is 0. The molecule has 1 aromatic heterocycles. The molecule has 0 N–H and O–H groups in total. The second-order valence-electron chi connectivity index (χ2n) is 7.18. The van der Waals surface area contributed by atoms with Crippen LogP contribution in [-0.2, 0) is 6.42 Å². The van der Waals surface area contributed by atoms with Gasteiger partial charge in [-0.2, -0.15) is 11.3 Å². The number of unbranched alkanes of at least 4 members (excludes halogenated alkanes) is 1. The van der Waals surface area contributed by atoms with Crippen molar-refractivity contribution in [1.82, 2.24) is 0 Å². The van der Waals surface area contributed by atoms with Crippen LogP contribution in [0.25, 0.3) is 0 Å². The van der Waals surface area contributed by atoms with E-state index < -0.39 is 46.3 Å². The molecule has 3 rings (SSSR count). The Morgan fingerprint density at radius 1 is 0.897 bits per heavy atom. The number of hydrogen-bond donors (Lipinski definition) is 0. The molecule has 0 saturated heterocycles. The molecule has 0 radical (unpaired) electrons. The van der Waals surface area contributed by atoms with E-state index in [9.17, 15) is 27.2 Å². The van der Waals surface area contributed by atoms with Crippen molar-refractivity contribution in [1.29, 1.82) is 0 Å². The minimum Gasteiger partial charge on any atom is -0.268 e. The third kappa shape index (κ3) is 3.70. The van der Waals surface area contributed by atoms with Crippen LogP contribution >= 0.6 is 11.3 Å². The summed E-state index contributed by atoms with van der Waals surface area (Å²) in [7, 11) is 0. The Morgan fingerprint density at radius 2 is 1.45 bits per heavy atom. The Kier molecular flexibility index (Phi) is 6.41. The minimum absolute atomic E-state index is 0.0367. The number of thiophene rings is 1. The fraction of sp³-hybridized carbons (Fsp3) is 0.429. The van der Waals surface area contributed by atoms with Crippen molar-refractivity contribution >= 4 is 28.8 Å². The first-order valence-corrected chi connectivity index (χ1v) is 10.6. The van der Waals surface area contributed by atoms with Gasteiger partial charge in [0.2, 0.25) is 0 Å². The van der Waals surface area contributed by atoms with Crippen molar-refractivity contribution in [3.8, 4) is 0 Å². The topological polar surface area (TPSA) is 37.4 Å². The Bertz CT molecular complexity index is 897. The van der Waals surface area contributed by atoms with Crippen molar-refractivity contribution in [3.05, 3.63) is 50.7 Å². The fourth-order valence-electron chi connectivity index (χ4n) is 3.64. The highest BCUT2D eigenvalue weighted by atomic mass is 32.1. The number of nitrogens with zero attached hydrogens (tertiary/aromatic N) is 1. The van der Waals surface area contributed by atoms with Crippen molar-refractivity contribution in [2.24, 2.45) is 5.92 Å². The van der Waals surface area contributed by atoms with Gasteiger partial charge in [0.1, 0.15) is 5.69 Å². The van der Waals surface area contributed by atoms with E-state index >= 15 is 0 Å². The van der Waals surface area contributed by atoms with Gasteiger partial charge < -0.3 is 0 Å². The summed E-state index contributed by atoms with van der Waals surface area (Å²) in [5, 5.41) is 2.71. The lowest BCUT2D eigenvalue weighted by atomic mass is 9.92. The van der Waals surface area contributed by atoms with Crippen molar-refractivity contribution in [3.63, 3.8) is 0 Å². The number of carbonyl (C=O) groups excluding carboxylic acids is 2. The van der Waals surface area contributed by atoms with Gasteiger partial charge in [-0.1, -0.05) is 39.5 Å². The number of amides is 2. The van der Waals surface area contributed by atoms with Crippen LogP contribution in [0, 0.1) is 29.2 Å². The largest absolute Gasteiger partial charge is 0.268 e. The van der Waals surface area contributed by atoms with E-state index in [1.807, 2.05) is 13.8 Å². The van der Waals surface area contributed by atoms with E-state index in [0.29, 0.717) is 6.42 Å². The van der Waals surface area contributed by atoms with Crippen molar-refractivity contribution < 1.29 is 27.2 Å². The predicted molar refractivity (Wildman–Crippen MR) is 103 cm³/mol. The molecule has 0 spiro atoms. The maximum Gasteiger partial charge on any atom is 0.267 e. The first-order chi connectivity index (χ1) is 13.8. The van der Waals surface area contributed by atoms with Crippen molar-refractivity contribution in [2.75, 3.05) is 4.90 Å². The predicted octanol–water partition coefficient (Wildman–Crippen LogP) is 6.25. The van der Waals surface area contributed by atoms with Gasteiger partial charge >= 0.3 is 0 Å². The zero-order valence-electron chi connectivity index (χ0n) is 16.2. The van der Waals surface area contributed by atoms with E-state index in [0.717, 1.165) is 37.0 Å². The quantitative estimate of drug-likeness (QED) is 0.284. The lowest BCUT2D eigenvalue weighted by Crippen LogP contribution is -2.32. The number of anilines is 1. The van der Waals surface area contributed by atoms with Gasteiger partial charge in [0, 0.05) is 16.3 Å². The van der Waals surface area contributed by atoms with Gasteiger partial charge in [-0.3, -0.25) is 9.59 Å². The number of benzene rings is 1. The van der Waals surface area contributed by atoms with E-state index in [-0.39, 0.29) is 28.4 Å². The average molecular weight is 427 g/mol. The van der Waals surface area contributed by atoms with Crippen LogP contribution in [0.15, 0.2) is 10.8 Å². The maximum absolute atomic E-state index is 14.7. The van der Waals surface area contributed by atoms with Crippen LogP contribution in [0.3, 0.4) is 0 Å². The van der Waals surface area contributed by atoms with Crippen LogP contribution in [0.4, 0.5) is 23.2 Å². The number of halogens is 4. The third-order valence-corrected chi connectivity index (χ3v) is 6.17. The maximum atomic E-state index is 14.7. The number of carbonyl (C=O) groups is 2. The fourth-order valence-corrected chi connectivity index (χ4v) is 4.44. The second-order valence-corrected chi connectivity index (χ2v) is 7.93. The van der Waals surface area contributed by atoms with Gasteiger partial charge in [0.15, 0.2) is 23.3 Å². The molecule has 1 aromatic carbocycles. The summed E-state index contributed by atoms with van der Waals surface area (Å²) in [6.45, 7) is 4.00. The first-order valence-electron chi connectivity index (χ1n) is 9.63. The molecule has 0 bridgehead atoms. The molecule has 2 amide bonds. The van der Waals surface area contributed by atoms with E-state index in [4.69, 9.17) is 0 Å². The van der Waals surface area contributed by atoms with Gasteiger partial charge in [-0.05, 0) is 18.8 Å². The van der Waals surface area contributed by atoms with E-state index in [1.54, 1.807) is 0 Å². The number of rotatable bonds is 8. The highest BCUT2D eigenvalue weighted by Gasteiger charge is 2.42. The Labute approximate surface area is 170 Å². The van der Waals surface area contributed by atoms with Crippen LogP contribution in [0.1, 0.15) is 72.2 Å². The minimum atomic E-state index is -1.73. The highest BCUT2D eigenvalue weighted by Crippen LogP contribution is 2.37. The number of fused-ring (bicyclic) bond motifs is 1. The smallest absolute Gasteiger partial charge is 0.267 e. The summed E-state index contributed by atoms with van der Waals surface area (Å²) in [4.78, 5) is 24.9. The van der Waals surface area contributed by atoms with E-state index in [1.165, 1.54) is 10.8 Å². The molecule has 1 aliphatic rings. The molecule has 0 fully saturated rings. The summed E-state index contributed by atoms with van der Waals surface area (Å²) in [5.74, 6) is -8.37. The zero-order chi connectivity index (χ0) is 21.3. The summed E-state index contributed by atoms with van der Waals surface area (Å²) < 4.78 is 58.7. The average Bonchev–Trinajstić information content (AvgIpc) is 3.28. The number of hydrogen-bond acceptors (Lipinski definition) is 3. The molecule has 156 valence electrons. The van der Waals surface area contributed by atoms with Crippen LogP contribution in [0.2, 0.25) is 0 Å². The molecule has 1 atom stereocenters. The lowest BCUT2D eigenvalue weighted by Gasteiger charge is -2.19. The zero-order valence-corrected chi connectivity index (χ0v) is 17.0. The molecule has 3 nitrogen and oxygen atoms in total. The van der Waals surface area contributed by atoms with Crippen molar-refractivity contribution in [2.45, 2.75) is 52.4 Å². The van der Waals surface area contributed by atoms with Gasteiger partial charge in [-0.25, -0.2) is 22.5 Å². The SMILES string of the molecule is CCCCC(CC)CCc1c(F)c(F)c(N2C(=O)c3cscc3C2=O)c(F)c1F. The second kappa shape index (κ2) is 8.65. The standard InChI is InChI=1S/C21H21F4NO2S/c1-3-5-6-11(4-2)7-8-12-15(22)17(24)19(18(25)16(12)23)26-20(27)13-9-29-10-14(13)21(26)28/h9-11H,3-8H2,1-2H3.